The molecule has 0 aromatic carbocycles. The van der Waals surface area contributed by atoms with Crippen LogP contribution in [0.5, 0.6) is 0 Å². The van der Waals surface area contributed by atoms with E-state index in [0.29, 0.717) is 6.92 Å². The predicted molar refractivity (Wildman–Crippen MR) is 29.7 cm³/mol. The van der Waals surface area contributed by atoms with Gasteiger partial charge in [-0.15, -0.1) is 0 Å². The summed E-state index contributed by atoms with van der Waals surface area (Å²) in [5.41, 5.74) is 0. The summed E-state index contributed by atoms with van der Waals surface area (Å²) in [7, 11) is 0. The minimum atomic E-state index is -5.52. The lowest BCUT2D eigenvalue weighted by Gasteiger charge is -2.22. The van der Waals surface area contributed by atoms with E-state index in [-0.39, 0.29) is 0 Å². The van der Waals surface area contributed by atoms with Crippen LogP contribution in [0.2, 0.25) is 0 Å². The number of rotatable bonds is 1. The lowest BCUT2D eigenvalue weighted by atomic mass is 10.3. The van der Waals surface area contributed by atoms with E-state index in [0.717, 1.165) is 5.32 Å². The second-order valence-electron chi connectivity index (χ2n) is 2.22. The molecule has 0 bridgehead atoms. The van der Waals surface area contributed by atoms with Crippen LogP contribution >= 0.6 is 0 Å². The van der Waals surface area contributed by atoms with Gasteiger partial charge in [0.1, 0.15) is 0 Å². The molecule has 0 spiro atoms. The molecular weight excluding hydrogens is 204 g/mol. The SMILES string of the molecule is CC(=O)NC(C(F)(F)F)C(F)(F)F. The van der Waals surface area contributed by atoms with E-state index in [4.69, 9.17) is 0 Å². The van der Waals surface area contributed by atoms with Crippen molar-refractivity contribution in [3.05, 3.63) is 0 Å². The standard InChI is InChI=1S/C5H5F6NO/c1-2(13)12-3(4(6,7)8)5(9,10)11/h3H,1H3,(H,12,13). The summed E-state index contributed by atoms with van der Waals surface area (Å²) < 4.78 is 69.8. The number of carbonyl (C=O) groups is 1. The van der Waals surface area contributed by atoms with E-state index in [1.54, 1.807) is 0 Å². The Bertz CT molecular complexity index is 180. The van der Waals surface area contributed by atoms with Gasteiger partial charge in [-0.25, -0.2) is 0 Å². The number of halogens is 6. The monoisotopic (exact) mass is 209 g/mol. The van der Waals surface area contributed by atoms with E-state index >= 15 is 0 Å². The summed E-state index contributed by atoms with van der Waals surface area (Å²) >= 11 is 0. The molecule has 0 rings (SSSR count). The van der Waals surface area contributed by atoms with Crippen molar-refractivity contribution in [2.24, 2.45) is 0 Å². The molecule has 13 heavy (non-hydrogen) atoms. The van der Waals surface area contributed by atoms with Gasteiger partial charge in [0.2, 0.25) is 11.9 Å². The average molecular weight is 209 g/mol. The molecule has 0 unspecified atom stereocenters. The van der Waals surface area contributed by atoms with Crippen molar-refractivity contribution < 1.29 is 31.1 Å². The summed E-state index contributed by atoms with van der Waals surface area (Å²) in [4.78, 5) is 10.0. The molecule has 0 aliphatic rings. The van der Waals surface area contributed by atoms with Crippen molar-refractivity contribution in [2.45, 2.75) is 25.3 Å². The molecule has 0 aliphatic carbocycles. The maximum absolute atomic E-state index is 11.6. The quantitative estimate of drug-likeness (QED) is 0.653. The zero-order chi connectivity index (χ0) is 10.9. The first-order valence-electron chi connectivity index (χ1n) is 2.95. The van der Waals surface area contributed by atoms with Gasteiger partial charge in [0.05, 0.1) is 0 Å². The normalized spacial score (nSPS) is 13.2. The number of hydrogen-bond donors (Lipinski definition) is 1. The van der Waals surface area contributed by atoms with Gasteiger partial charge in [-0.2, -0.15) is 26.3 Å². The highest BCUT2D eigenvalue weighted by atomic mass is 19.4. The molecule has 1 amide bonds. The summed E-state index contributed by atoms with van der Waals surface area (Å²) in [5, 5.41) is 0.771. The maximum Gasteiger partial charge on any atom is 0.417 e. The van der Waals surface area contributed by atoms with Crippen LogP contribution in [0.3, 0.4) is 0 Å². The maximum atomic E-state index is 11.6. The van der Waals surface area contributed by atoms with Crippen molar-refractivity contribution in [1.29, 1.82) is 0 Å². The van der Waals surface area contributed by atoms with Crippen LogP contribution in [-0.2, 0) is 4.79 Å². The molecule has 8 heteroatoms. The third kappa shape index (κ3) is 4.00. The number of nitrogens with one attached hydrogen (secondary N) is 1. The second-order valence-corrected chi connectivity index (χ2v) is 2.22. The fourth-order valence-corrected chi connectivity index (χ4v) is 0.553. The summed E-state index contributed by atoms with van der Waals surface area (Å²) in [5.74, 6) is -1.39. The number of hydrogen-bond acceptors (Lipinski definition) is 1. The summed E-state index contributed by atoms with van der Waals surface area (Å²) in [6.07, 6.45) is -11.0. The highest BCUT2D eigenvalue weighted by Crippen LogP contribution is 2.32. The molecule has 0 saturated carbocycles. The van der Waals surface area contributed by atoms with Crippen LogP contribution in [0.25, 0.3) is 0 Å². The fourth-order valence-electron chi connectivity index (χ4n) is 0.553. The summed E-state index contributed by atoms with van der Waals surface area (Å²) in [6.45, 7) is 0.574. The molecule has 1 N–H and O–H groups in total. The Balaban J connectivity index is 4.68. The number of amides is 1. The predicted octanol–water partition coefficient (Wildman–Crippen LogP) is 1.62. The van der Waals surface area contributed by atoms with Gasteiger partial charge in [0.15, 0.2) is 0 Å². The highest BCUT2D eigenvalue weighted by Gasteiger charge is 2.57. The molecule has 0 fully saturated rings. The molecule has 2 nitrogen and oxygen atoms in total. The fraction of sp³-hybridized carbons (Fsp3) is 0.800. The summed E-state index contributed by atoms with van der Waals surface area (Å²) in [6, 6.07) is -3.79. The van der Waals surface area contributed by atoms with Crippen LogP contribution in [-0.4, -0.2) is 24.3 Å². The van der Waals surface area contributed by atoms with Gasteiger partial charge < -0.3 is 5.32 Å². The first-order chi connectivity index (χ1) is 5.55. The molecule has 0 heterocycles. The van der Waals surface area contributed by atoms with Crippen LogP contribution in [0.4, 0.5) is 26.3 Å². The van der Waals surface area contributed by atoms with Crippen molar-refractivity contribution in [1.82, 2.24) is 5.32 Å². The van der Waals surface area contributed by atoms with Crippen molar-refractivity contribution in [3.63, 3.8) is 0 Å². The van der Waals surface area contributed by atoms with Crippen LogP contribution in [0, 0.1) is 0 Å². The lowest BCUT2D eigenvalue weighted by molar-refractivity contribution is -0.257. The smallest absolute Gasteiger partial charge is 0.337 e. The lowest BCUT2D eigenvalue weighted by Crippen LogP contribution is -2.54. The largest absolute Gasteiger partial charge is 0.417 e. The Morgan fingerprint density at radius 1 is 1.08 bits per heavy atom. The van der Waals surface area contributed by atoms with Crippen molar-refractivity contribution in [2.75, 3.05) is 0 Å². The molecule has 0 aliphatic heterocycles. The van der Waals surface area contributed by atoms with Gasteiger partial charge in [-0.05, 0) is 0 Å². The Kier molecular flexibility index (Phi) is 3.18. The van der Waals surface area contributed by atoms with Gasteiger partial charge in [0.25, 0.3) is 0 Å². The van der Waals surface area contributed by atoms with E-state index in [1.165, 1.54) is 0 Å². The average Bonchev–Trinajstić information content (AvgIpc) is 1.77. The molecule has 0 aromatic heterocycles. The molecule has 0 atom stereocenters. The molecule has 78 valence electrons. The van der Waals surface area contributed by atoms with E-state index in [9.17, 15) is 31.1 Å². The van der Waals surface area contributed by atoms with Gasteiger partial charge in [-0.1, -0.05) is 0 Å². The van der Waals surface area contributed by atoms with E-state index < -0.39 is 24.3 Å². The zero-order valence-corrected chi connectivity index (χ0v) is 6.25. The Morgan fingerprint density at radius 2 is 1.38 bits per heavy atom. The minimum absolute atomic E-state index is 0.574. The first-order valence-corrected chi connectivity index (χ1v) is 2.95. The van der Waals surface area contributed by atoms with Gasteiger partial charge >= 0.3 is 12.4 Å². The van der Waals surface area contributed by atoms with Crippen LogP contribution in [0.1, 0.15) is 6.92 Å². The van der Waals surface area contributed by atoms with Gasteiger partial charge in [-0.3, -0.25) is 4.79 Å². The topological polar surface area (TPSA) is 29.1 Å². The van der Waals surface area contributed by atoms with E-state index in [2.05, 4.69) is 0 Å². The molecule has 0 aromatic rings. The molecular formula is C5H5F6NO. The Morgan fingerprint density at radius 3 is 1.46 bits per heavy atom. The molecule has 0 saturated heterocycles. The number of carbonyl (C=O) groups excluding carboxylic acids is 1. The van der Waals surface area contributed by atoms with Crippen LogP contribution < -0.4 is 5.32 Å². The van der Waals surface area contributed by atoms with Crippen LogP contribution in [0.15, 0.2) is 0 Å². The van der Waals surface area contributed by atoms with Crippen molar-refractivity contribution in [3.8, 4) is 0 Å². The second kappa shape index (κ2) is 3.43. The van der Waals surface area contributed by atoms with Gasteiger partial charge in [0, 0.05) is 6.92 Å². The number of alkyl halides is 6. The Labute approximate surface area is 68.9 Å². The van der Waals surface area contributed by atoms with E-state index in [1.807, 2.05) is 0 Å². The van der Waals surface area contributed by atoms with Crippen molar-refractivity contribution >= 4 is 5.91 Å². The molecule has 0 radical (unpaired) electrons. The highest BCUT2D eigenvalue weighted by molar-refractivity contribution is 5.73. The Hall–Kier alpha value is -0.950. The first kappa shape index (κ1) is 12.0. The zero-order valence-electron chi connectivity index (χ0n) is 6.25. The third-order valence-electron chi connectivity index (χ3n) is 1.00. The minimum Gasteiger partial charge on any atom is -0.337 e. The third-order valence-corrected chi connectivity index (χ3v) is 1.00.